The molecule has 1 N–H and O–H groups in total. The summed E-state index contributed by atoms with van der Waals surface area (Å²) in [6, 6.07) is 1.21. The maximum Gasteiger partial charge on any atom is 0.339 e. The summed E-state index contributed by atoms with van der Waals surface area (Å²) in [5.41, 5.74) is 3.75. The van der Waals surface area contributed by atoms with Gasteiger partial charge in [0.2, 0.25) is 5.91 Å². The van der Waals surface area contributed by atoms with Gasteiger partial charge in [0.15, 0.2) is 0 Å². The van der Waals surface area contributed by atoms with Gasteiger partial charge in [-0.15, -0.1) is 0 Å². The maximum atomic E-state index is 12.5. The van der Waals surface area contributed by atoms with Crippen LogP contribution in [0.4, 0.5) is 0 Å². The second-order valence-electron chi connectivity index (χ2n) is 6.98. The Bertz CT molecular complexity index is 1140. The van der Waals surface area contributed by atoms with Gasteiger partial charge in [0.25, 0.3) is 0 Å². The quantitative estimate of drug-likeness (QED) is 0.535. The molecule has 0 radical (unpaired) electrons. The first-order valence-corrected chi connectivity index (χ1v) is 9.05. The van der Waals surface area contributed by atoms with Crippen molar-refractivity contribution in [2.75, 3.05) is 7.11 Å². The minimum absolute atomic E-state index is 0.0599. The van der Waals surface area contributed by atoms with Crippen LogP contribution >= 0.6 is 0 Å². The highest BCUT2D eigenvalue weighted by Gasteiger charge is 2.19. The van der Waals surface area contributed by atoms with Crippen molar-refractivity contribution in [1.29, 1.82) is 0 Å². The number of aryl methyl sites for hydroxylation is 3. The van der Waals surface area contributed by atoms with Crippen molar-refractivity contribution in [2.24, 2.45) is 0 Å². The average molecular weight is 385 g/mol. The van der Waals surface area contributed by atoms with Gasteiger partial charge in [-0.05, 0) is 51.3 Å². The van der Waals surface area contributed by atoms with Crippen molar-refractivity contribution in [3.05, 3.63) is 45.0 Å². The summed E-state index contributed by atoms with van der Waals surface area (Å²) in [7, 11) is 1.26. The van der Waals surface area contributed by atoms with Gasteiger partial charge in [-0.2, -0.15) is 0 Å². The lowest BCUT2D eigenvalue weighted by Crippen LogP contribution is -2.39. The van der Waals surface area contributed by atoms with E-state index in [4.69, 9.17) is 8.83 Å². The van der Waals surface area contributed by atoms with Gasteiger partial charge >= 0.3 is 11.6 Å². The minimum atomic E-state index is -0.744. The number of amides is 1. The predicted octanol–water partition coefficient (Wildman–Crippen LogP) is 3.07. The standard InChI is InChI=1S/C21H23NO6/c1-10-9-27-18-12(3)19-16(8-15(10)18)11(2)14(21(25)28-19)6-7-17(23)22-13(4)20(24)26-5/h8-9,13H,6-7H2,1-5H3,(H,22,23). The first kappa shape index (κ1) is 19.7. The lowest BCUT2D eigenvalue weighted by atomic mass is 9.98. The van der Waals surface area contributed by atoms with E-state index in [-0.39, 0.29) is 18.7 Å². The van der Waals surface area contributed by atoms with Crippen LogP contribution in [-0.2, 0) is 20.7 Å². The Morgan fingerprint density at radius 3 is 2.54 bits per heavy atom. The molecule has 1 aromatic carbocycles. The lowest BCUT2D eigenvalue weighted by Gasteiger charge is -2.12. The minimum Gasteiger partial charge on any atom is -0.467 e. The molecule has 7 heteroatoms. The average Bonchev–Trinajstić information content (AvgIpc) is 3.03. The van der Waals surface area contributed by atoms with E-state index < -0.39 is 17.6 Å². The zero-order chi connectivity index (χ0) is 20.6. The number of hydrogen-bond donors (Lipinski definition) is 1. The molecule has 0 aliphatic rings. The molecule has 0 aliphatic heterocycles. The van der Waals surface area contributed by atoms with Gasteiger partial charge in [0, 0.05) is 28.3 Å². The van der Waals surface area contributed by atoms with Crippen LogP contribution in [0.1, 0.15) is 35.6 Å². The molecule has 0 fully saturated rings. The van der Waals surface area contributed by atoms with Gasteiger partial charge in [0.1, 0.15) is 17.2 Å². The molecule has 0 saturated carbocycles. The number of carbonyl (C=O) groups is 2. The molecule has 3 aromatic rings. The second kappa shape index (κ2) is 7.50. The Hall–Kier alpha value is -3.09. The van der Waals surface area contributed by atoms with Gasteiger partial charge in [-0.3, -0.25) is 4.79 Å². The zero-order valence-electron chi connectivity index (χ0n) is 16.6. The van der Waals surface area contributed by atoms with Crippen LogP contribution in [0, 0.1) is 20.8 Å². The van der Waals surface area contributed by atoms with E-state index in [1.165, 1.54) is 7.11 Å². The molecule has 2 heterocycles. The summed E-state index contributed by atoms with van der Waals surface area (Å²) in [5, 5.41) is 4.35. The Morgan fingerprint density at radius 1 is 1.14 bits per heavy atom. The highest BCUT2D eigenvalue weighted by molar-refractivity contribution is 5.99. The Balaban J connectivity index is 1.93. The molecule has 1 amide bonds. The third-order valence-electron chi connectivity index (χ3n) is 5.07. The number of hydrogen-bond acceptors (Lipinski definition) is 6. The van der Waals surface area contributed by atoms with E-state index >= 15 is 0 Å². The number of ether oxygens (including phenoxy) is 1. The van der Waals surface area contributed by atoms with Crippen LogP contribution in [0.5, 0.6) is 0 Å². The number of fused-ring (bicyclic) bond motifs is 2. The van der Waals surface area contributed by atoms with Crippen molar-refractivity contribution in [3.8, 4) is 0 Å². The molecule has 3 rings (SSSR count). The summed E-state index contributed by atoms with van der Waals surface area (Å²) >= 11 is 0. The summed E-state index contributed by atoms with van der Waals surface area (Å²) in [6.07, 6.45) is 1.95. The first-order chi connectivity index (χ1) is 13.2. The van der Waals surface area contributed by atoms with Crippen molar-refractivity contribution in [3.63, 3.8) is 0 Å². The van der Waals surface area contributed by atoms with E-state index in [9.17, 15) is 14.4 Å². The molecule has 1 unspecified atom stereocenters. The maximum absolute atomic E-state index is 12.5. The molecule has 0 aliphatic carbocycles. The van der Waals surface area contributed by atoms with Gasteiger partial charge in [0.05, 0.1) is 13.4 Å². The van der Waals surface area contributed by atoms with Crippen LogP contribution in [-0.4, -0.2) is 25.0 Å². The number of nitrogens with one attached hydrogen (secondary N) is 1. The summed E-state index contributed by atoms with van der Waals surface area (Å²) in [6.45, 7) is 7.21. The Morgan fingerprint density at radius 2 is 1.86 bits per heavy atom. The summed E-state index contributed by atoms with van der Waals surface area (Å²) < 4.78 is 15.7. The first-order valence-electron chi connectivity index (χ1n) is 9.05. The topological polar surface area (TPSA) is 98.8 Å². The molecule has 0 saturated heterocycles. The van der Waals surface area contributed by atoms with Crippen LogP contribution in [0.25, 0.3) is 21.9 Å². The van der Waals surface area contributed by atoms with E-state index in [0.717, 1.165) is 27.5 Å². The molecular weight excluding hydrogens is 362 g/mol. The van der Waals surface area contributed by atoms with E-state index in [1.54, 1.807) is 13.2 Å². The second-order valence-corrected chi connectivity index (χ2v) is 6.98. The number of rotatable bonds is 5. The highest BCUT2D eigenvalue weighted by Crippen LogP contribution is 2.32. The van der Waals surface area contributed by atoms with Crippen LogP contribution in [0.2, 0.25) is 0 Å². The number of furan rings is 1. The molecular formula is C21H23NO6. The normalized spacial score (nSPS) is 12.3. The van der Waals surface area contributed by atoms with Gasteiger partial charge in [-0.1, -0.05) is 0 Å². The molecule has 148 valence electrons. The fraction of sp³-hybridized carbons (Fsp3) is 0.381. The Kier molecular flexibility index (Phi) is 5.27. The third kappa shape index (κ3) is 3.40. The smallest absolute Gasteiger partial charge is 0.339 e. The number of benzene rings is 1. The van der Waals surface area contributed by atoms with Gasteiger partial charge in [-0.25, -0.2) is 9.59 Å². The highest BCUT2D eigenvalue weighted by atomic mass is 16.5. The molecule has 2 aromatic heterocycles. The largest absolute Gasteiger partial charge is 0.467 e. The number of esters is 1. The third-order valence-corrected chi connectivity index (χ3v) is 5.07. The SMILES string of the molecule is COC(=O)C(C)NC(=O)CCc1c(C)c2cc3c(C)coc3c(C)c2oc1=O. The van der Waals surface area contributed by atoms with Crippen LogP contribution in [0.3, 0.4) is 0 Å². The summed E-state index contributed by atoms with van der Waals surface area (Å²) in [5.74, 6) is -0.862. The van der Waals surface area contributed by atoms with Gasteiger partial charge < -0.3 is 18.9 Å². The predicted molar refractivity (Wildman–Crippen MR) is 104 cm³/mol. The van der Waals surface area contributed by atoms with Crippen molar-refractivity contribution >= 4 is 33.8 Å². The fourth-order valence-electron chi connectivity index (χ4n) is 3.40. The van der Waals surface area contributed by atoms with Crippen molar-refractivity contribution < 1.29 is 23.2 Å². The molecule has 0 spiro atoms. The van der Waals surface area contributed by atoms with E-state index in [1.807, 2.05) is 26.8 Å². The van der Waals surface area contributed by atoms with Crippen molar-refractivity contribution in [1.82, 2.24) is 5.32 Å². The lowest BCUT2D eigenvalue weighted by molar-refractivity contribution is -0.144. The number of carbonyl (C=O) groups excluding carboxylic acids is 2. The van der Waals surface area contributed by atoms with E-state index in [2.05, 4.69) is 10.1 Å². The van der Waals surface area contributed by atoms with Crippen LogP contribution < -0.4 is 10.9 Å². The van der Waals surface area contributed by atoms with Crippen LogP contribution in [0.15, 0.2) is 26.0 Å². The Labute approximate surface area is 161 Å². The summed E-state index contributed by atoms with van der Waals surface area (Å²) in [4.78, 5) is 36.1. The molecule has 7 nitrogen and oxygen atoms in total. The molecule has 28 heavy (non-hydrogen) atoms. The number of methoxy groups -OCH3 is 1. The molecule has 1 atom stereocenters. The zero-order valence-corrected chi connectivity index (χ0v) is 16.6. The van der Waals surface area contributed by atoms with E-state index in [0.29, 0.717) is 16.7 Å². The van der Waals surface area contributed by atoms with Crippen molar-refractivity contribution in [2.45, 2.75) is 46.6 Å². The monoisotopic (exact) mass is 385 g/mol. The fourth-order valence-corrected chi connectivity index (χ4v) is 3.40. The molecule has 0 bridgehead atoms.